The summed E-state index contributed by atoms with van der Waals surface area (Å²) in [6.45, 7) is 6.10. The molecule has 1 aromatic heterocycles. The quantitative estimate of drug-likeness (QED) is 0.616. The van der Waals surface area contributed by atoms with Crippen molar-refractivity contribution >= 4 is 39.2 Å². The topological polar surface area (TPSA) is 33.2 Å². The Bertz CT molecular complexity index is 556. The van der Waals surface area contributed by atoms with Crippen LogP contribution >= 0.6 is 23.1 Å². The van der Waals surface area contributed by atoms with Gasteiger partial charge in [-0.15, -0.1) is 11.3 Å². The number of benzene rings is 1. The third-order valence-electron chi connectivity index (χ3n) is 3.51. The summed E-state index contributed by atoms with van der Waals surface area (Å²) in [5.41, 5.74) is 1.02. The Hall–Kier alpha value is -1.07. The number of para-hydroxylation sites is 1. The first kappa shape index (κ1) is 17.3. The molecule has 0 unspecified atom stereocenters. The van der Waals surface area contributed by atoms with E-state index in [-0.39, 0.29) is 5.91 Å². The normalized spacial score (nSPS) is 11.0. The zero-order chi connectivity index (χ0) is 15.8. The fraction of sp³-hybridized carbons (Fsp3) is 0.529. The predicted molar refractivity (Wildman–Crippen MR) is 96.7 cm³/mol. The van der Waals surface area contributed by atoms with Gasteiger partial charge in [-0.1, -0.05) is 50.6 Å². The molecule has 0 aliphatic heterocycles. The summed E-state index contributed by atoms with van der Waals surface area (Å²) in [6, 6.07) is 8.12. The van der Waals surface area contributed by atoms with Gasteiger partial charge in [0.15, 0.2) is 4.34 Å². The number of thiazole rings is 1. The molecular formula is C17H24N2OS2. The van der Waals surface area contributed by atoms with E-state index in [1.807, 2.05) is 23.1 Å². The van der Waals surface area contributed by atoms with Gasteiger partial charge in [0.2, 0.25) is 5.91 Å². The Morgan fingerprint density at radius 3 is 2.50 bits per heavy atom. The third kappa shape index (κ3) is 4.99. The maximum atomic E-state index is 12.4. The molecule has 120 valence electrons. The maximum Gasteiger partial charge on any atom is 0.233 e. The smallest absolute Gasteiger partial charge is 0.233 e. The molecule has 0 saturated heterocycles. The molecule has 2 rings (SSSR count). The largest absolute Gasteiger partial charge is 0.342 e. The molecule has 0 atom stereocenters. The molecule has 1 amide bonds. The van der Waals surface area contributed by atoms with Gasteiger partial charge < -0.3 is 4.90 Å². The highest BCUT2D eigenvalue weighted by atomic mass is 32.2. The number of carbonyl (C=O) groups is 1. The highest BCUT2D eigenvalue weighted by Crippen LogP contribution is 2.29. The molecule has 1 aromatic carbocycles. The standard InChI is InChI=1S/C17H24N2OS2/c1-3-5-11-19(12-6-4-2)16(20)13-21-17-18-14-9-7-8-10-15(14)22-17/h7-10H,3-6,11-13H2,1-2H3. The number of rotatable bonds is 9. The van der Waals surface area contributed by atoms with E-state index >= 15 is 0 Å². The number of nitrogens with zero attached hydrogens (tertiary/aromatic N) is 2. The SMILES string of the molecule is CCCCN(CCCC)C(=O)CSc1nc2ccccc2s1. The minimum atomic E-state index is 0.242. The lowest BCUT2D eigenvalue weighted by molar-refractivity contribution is -0.128. The van der Waals surface area contributed by atoms with Crippen LogP contribution in [0.5, 0.6) is 0 Å². The monoisotopic (exact) mass is 336 g/mol. The van der Waals surface area contributed by atoms with Gasteiger partial charge in [0.25, 0.3) is 0 Å². The fourth-order valence-electron chi connectivity index (χ4n) is 2.19. The lowest BCUT2D eigenvalue weighted by atomic mass is 10.2. The molecule has 5 heteroatoms. The van der Waals surface area contributed by atoms with Crippen LogP contribution in [-0.4, -0.2) is 34.6 Å². The lowest BCUT2D eigenvalue weighted by Gasteiger charge is -2.22. The van der Waals surface area contributed by atoms with Crippen molar-refractivity contribution in [2.75, 3.05) is 18.8 Å². The van der Waals surface area contributed by atoms with Crippen LogP contribution in [0.25, 0.3) is 10.2 Å². The molecule has 0 aliphatic carbocycles. The van der Waals surface area contributed by atoms with Gasteiger partial charge in [0, 0.05) is 13.1 Å². The van der Waals surface area contributed by atoms with E-state index in [2.05, 4.69) is 24.9 Å². The number of unbranched alkanes of at least 4 members (excludes halogenated alkanes) is 2. The van der Waals surface area contributed by atoms with Gasteiger partial charge in [-0.05, 0) is 25.0 Å². The summed E-state index contributed by atoms with van der Waals surface area (Å²) < 4.78 is 2.17. The van der Waals surface area contributed by atoms with Crippen molar-refractivity contribution in [2.45, 2.75) is 43.9 Å². The molecule has 0 aliphatic rings. The molecule has 0 bridgehead atoms. The summed E-state index contributed by atoms with van der Waals surface area (Å²) in [5.74, 6) is 0.735. The Morgan fingerprint density at radius 1 is 1.18 bits per heavy atom. The van der Waals surface area contributed by atoms with Gasteiger partial charge >= 0.3 is 0 Å². The Labute approximate surface area is 141 Å². The van der Waals surface area contributed by atoms with E-state index in [1.54, 1.807) is 23.1 Å². The molecule has 0 saturated carbocycles. The number of hydrogen-bond donors (Lipinski definition) is 0. The van der Waals surface area contributed by atoms with Crippen LogP contribution in [0.4, 0.5) is 0 Å². The molecule has 1 heterocycles. The molecule has 3 nitrogen and oxygen atoms in total. The van der Waals surface area contributed by atoms with Crippen LogP contribution in [0.15, 0.2) is 28.6 Å². The van der Waals surface area contributed by atoms with Crippen LogP contribution in [0.3, 0.4) is 0 Å². The molecular weight excluding hydrogens is 312 g/mol. The first-order valence-corrected chi connectivity index (χ1v) is 9.81. The van der Waals surface area contributed by atoms with Crippen molar-refractivity contribution in [3.63, 3.8) is 0 Å². The number of amides is 1. The van der Waals surface area contributed by atoms with Gasteiger partial charge in [-0.3, -0.25) is 4.79 Å². The lowest BCUT2D eigenvalue weighted by Crippen LogP contribution is -2.34. The van der Waals surface area contributed by atoms with Crippen LogP contribution in [-0.2, 0) is 4.79 Å². The number of hydrogen-bond acceptors (Lipinski definition) is 4. The Balaban J connectivity index is 1.90. The Kier molecular flexibility index (Phi) is 7.19. The third-order valence-corrected chi connectivity index (χ3v) is 5.67. The average Bonchev–Trinajstić information content (AvgIpc) is 2.95. The molecule has 22 heavy (non-hydrogen) atoms. The highest BCUT2D eigenvalue weighted by molar-refractivity contribution is 8.01. The highest BCUT2D eigenvalue weighted by Gasteiger charge is 2.14. The van der Waals surface area contributed by atoms with Crippen molar-refractivity contribution in [3.8, 4) is 0 Å². The van der Waals surface area contributed by atoms with E-state index in [1.165, 1.54) is 4.70 Å². The summed E-state index contributed by atoms with van der Waals surface area (Å²) in [7, 11) is 0. The summed E-state index contributed by atoms with van der Waals surface area (Å²) in [5, 5.41) is 0. The maximum absolute atomic E-state index is 12.4. The molecule has 0 N–H and O–H groups in total. The van der Waals surface area contributed by atoms with E-state index < -0.39 is 0 Å². The summed E-state index contributed by atoms with van der Waals surface area (Å²) in [4.78, 5) is 19.0. The number of fused-ring (bicyclic) bond motifs is 1. The summed E-state index contributed by atoms with van der Waals surface area (Å²) in [6.07, 6.45) is 4.42. The van der Waals surface area contributed by atoms with Gasteiger partial charge in [-0.25, -0.2) is 4.98 Å². The van der Waals surface area contributed by atoms with Crippen LogP contribution in [0.1, 0.15) is 39.5 Å². The second-order valence-electron chi connectivity index (χ2n) is 5.32. The van der Waals surface area contributed by atoms with Crippen molar-refractivity contribution in [3.05, 3.63) is 24.3 Å². The second kappa shape index (κ2) is 9.16. The predicted octanol–water partition coefficient (Wildman–Crippen LogP) is 4.82. The van der Waals surface area contributed by atoms with Crippen molar-refractivity contribution in [2.24, 2.45) is 0 Å². The van der Waals surface area contributed by atoms with Crippen molar-refractivity contribution in [1.29, 1.82) is 0 Å². The van der Waals surface area contributed by atoms with E-state index in [0.29, 0.717) is 5.75 Å². The number of aromatic nitrogens is 1. The fourth-order valence-corrected chi connectivity index (χ4v) is 4.16. The van der Waals surface area contributed by atoms with Gasteiger partial charge in [-0.2, -0.15) is 0 Å². The summed E-state index contributed by atoms with van der Waals surface area (Å²) >= 11 is 3.23. The number of carbonyl (C=O) groups excluding carboxylic acids is 1. The van der Waals surface area contributed by atoms with Crippen molar-refractivity contribution in [1.82, 2.24) is 9.88 Å². The van der Waals surface area contributed by atoms with Crippen LogP contribution < -0.4 is 0 Å². The molecule has 2 aromatic rings. The van der Waals surface area contributed by atoms with Crippen LogP contribution in [0, 0.1) is 0 Å². The minimum Gasteiger partial charge on any atom is -0.342 e. The zero-order valence-electron chi connectivity index (χ0n) is 13.4. The van der Waals surface area contributed by atoms with Crippen LogP contribution in [0.2, 0.25) is 0 Å². The van der Waals surface area contributed by atoms with E-state index in [0.717, 1.165) is 48.6 Å². The molecule has 0 fully saturated rings. The number of thioether (sulfide) groups is 1. The van der Waals surface area contributed by atoms with E-state index in [4.69, 9.17) is 0 Å². The molecule has 0 spiro atoms. The zero-order valence-corrected chi connectivity index (χ0v) is 15.0. The van der Waals surface area contributed by atoms with Crippen molar-refractivity contribution < 1.29 is 4.79 Å². The second-order valence-corrected chi connectivity index (χ2v) is 7.58. The first-order valence-electron chi connectivity index (χ1n) is 8.00. The Morgan fingerprint density at radius 2 is 1.86 bits per heavy atom. The van der Waals surface area contributed by atoms with E-state index in [9.17, 15) is 4.79 Å². The first-order chi connectivity index (χ1) is 10.7. The minimum absolute atomic E-state index is 0.242. The van der Waals surface area contributed by atoms with Gasteiger partial charge in [0.05, 0.1) is 16.0 Å². The van der Waals surface area contributed by atoms with Gasteiger partial charge in [0.1, 0.15) is 0 Å². The average molecular weight is 337 g/mol. The molecule has 0 radical (unpaired) electrons.